The van der Waals surface area contributed by atoms with Crippen LogP contribution in [-0.2, 0) is 9.68 Å². The van der Waals surface area contributed by atoms with E-state index >= 15 is 0 Å². The molecule has 12 rings (SSSR count). The van der Waals surface area contributed by atoms with Crippen LogP contribution < -0.4 is 20.7 Å². The van der Waals surface area contributed by atoms with Crippen LogP contribution in [0.2, 0.25) is 0 Å². The molecule has 260 valence electrons. The molecule has 2 atom stereocenters. The first-order valence-electron chi connectivity index (χ1n) is 16.8. The van der Waals surface area contributed by atoms with Gasteiger partial charge in [-0.2, -0.15) is 0 Å². The molecule has 2 aromatic heterocycles. The molecule has 7 saturated heterocycles. The van der Waals surface area contributed by atoms with E-state index in [4.69, 9.17) is 29.9 Å². The number of thiazole rings is 2. The summed E-state index contributed by atoms with van der Waals surface area (Å²) in [7, 11) is 3.34. The predicted octanol–water partition coefficient (Wildman–Crippen LogP) is 5.93. The van der Waals surface area contributed by atoms with Crippen LogP contribution in [0.3, 0.4) is 0 Å². The van der Waals surface area contributed by atoms with E-state index in [1.165, 1.54) is 51.9 Å². The second-order valence-corrected chi connectivity index (χ2v) is 17.0. The summed E-state index contributed by atoms with van der Waals surface area (Å²) in [6.45, 7) is 6.93. The van der Waals surface area contributed by atoms with Crippen molar-refractivity contribution in [3.8, 4) is 11.5 Å². The van der Waals surface area contributed by atoms with Gasteiger partial charge in [0.25, 0.3) is 0 Å². The van der Waals surface area contributed by atoms with E-state index in [9.17, 15) is 0 Å². The van der Waals surface area contributed by atoms with E-state index in [0.717, 1.165) is 72.7 Å². The van der Waals surface area contributed by atoms with Crippen LogP contribution in [0.25, 0.3) is 20.4 Å². The molecule has 4 aromatic rings. The van der Waals surface area contributed by atoms with Gasteiger partial charge in [0.1, 0.15) is 28.8 Å². The van der Waals surface area contributed by atoms with Crippen LogP contribution in [0.15, 0.2) is 50.5 Å². The summed E-state index contributed by atoms with van der Waals surface area (Å²) in [4.78, 5) is 30.2. The topological polar surface area (TPSA) is 132 Å². The summed E-state index contributed by atoms with van der Waals surface area (Å²) in [6, 6.07) is 11.8. The quantitative estimate of drug-likeness (QED) is 0.259. The van der Waals surface area contributed by atoms with Gasteiger partial charge in [0, 0.05) is 25.4 Å². The van der Waals surface area contributed by atoms with Crippen molar-refractivity contribution < 1.29 is 19.1 Å². The van der Waals surface area contributed by atoms with Crippen molar-refractivity contribution in [1.82, 2.24) is 25.2 Å². The van der Waals surface area contributed by atoms with Crippen LogP contribution in [0, 0.1) is 11.8 Å². The fraction of sp³-hybridized carbons (Fsp3) is 0.529. The minimum Gasteiger partial charge on any atom is -0.497 e. The molecule has 0 radical (unpaired) electrons. The molecule has 12 nitrogen and oxygen atoms in total. The molecule has 10 heterocycles. The number of hydroxylamine groups is 1. The average molecular weight is 770 g/mol. The van der Waals surface area contributed by atoms with E-state index in [1.807, 2.05) is 36.4 Å². The van der Waals surface area contributed by atoms with Crippen LogP contribution in [0.1, 0.15) is 38.5 Å². The second-order valence-electron chi connectivity index (χ2n) is 13.7. The maximum atomic E-state index is 6.05. The zero-order valence-corrected chi connectivity index (χ0v) is 30.9. The normalized spacial score (nSPS) is 31.7. The number of piperidine rings is 6. The first kappa shape index (κ1) is 33.1. The molecule has 7 fully saturated rings. The van der Waals surface area contributed by atoms with Gasteiger partial charge in [0.05, 0.1) is 41.1 Å². The van der Waals surface area contributed by atoms with Crippen molar-refractivity contribution in [2.45, 2.75) is 49.7 Å². The number of aliphatic imine (C=N–C) groups is 1. The Morgan fingerprint density at radius 3 is 2.00 bits per heavy atom. The lowest BCUT2D eigenvalue weighted by Crippen LogP contribution is -2.59. The number of amidine groups is 2. The van der Waals surface area contributed by atoms with Gasteiger partial charge in [-0.3, -0.25) is 15.2 Å². The van der Waals surface area contributed by atoms with Crippen molar-refractivity contribution in [2.24, 2.45) is 27.7 Å². The third-order valence-corrected chi connectivity index (χ3v) is 13.1. The number of nitrogens with two attached hydrogens (primary N) is 1. The molecular weight excluding hydrogens is 728 g/mol. The fourth-order valence-electron chi connectivity index (χ4n) is 8.16. The molecule has 0 amide bonds. The number of fused-ring (bicyclic) bond motifs is 6. The van der Waals surface area contributed by atoms with Crippen molar-refractivity contribution in [3.05, 3.63) is 40.3 Å². The van der Waals surface area contributed by atoms with Gasteiger partial charge < -0.3 is 24.9 Å². The van der Waals surface area contributed by atoms with Gasteiger partial charge in [-0.25, -0.2) is 15.0 Å². The van der Waals surface area contributed by atoms with Crippen molar-refractivity contribution in [1.29, 1.82) is 0 Å². The van der Waals surface area contributed by atoms with Crippen LogP contribution in [-0.4, -0.2) is 96.1 Å². The lowest BCUT2D eigenvalue weighted by Gasteiger charge is -2.49. The highest BCUT2D eigenvalue weighted by atomic mass is 79.9. The van der Waals surface area contributed by atoms with Gasteiger partial charge in [-0.1, -0.05) is 16.5 Å². The van der Waals surface area contributed by atoms with E-state index in [2.05, 4.69) is 46.3 Å². The molecule has 3 N–H and O–H groups in total. The molecule has 49 heavy (non-hydrogen) atoms. The number of hydrogen-bond donors (Lipinski definition) is 2. The van der Waals surface area contributed by atoms with E-state index < -0.39 is 0 Å². The minimum absolute atomic E-state index is 0.0411. The van der Waals surface area contributed by atoms with Gasteiger partial charge in [0.15, 0.2) is 9.52 Å². The van der Waals surface area contributed by atoms with Gasteiger partial charge >= 0.3 is 0 Å². The zero-order chi connectivity index (χ0) is 33.6. The highest BCUT2D eigenvalue weighted by Crippen LogP contribution is 2.44. The maximum Gasteiger partial charge on any atom is 0.211 e. The van der Waals surface area contributed by atoms with Gasteiger partial charge in [-0.15, -0.1) is 11.3 Å². The van der Waals surface area contributed by atoms with Gasteiger partial charge in [-0.05, 0) is 110 Å². The first-order chi connectivity index (χ1) is 23.8. The summed E-state index contributed by atoms with van der Waals surface area (Å²) in [5, 5.41) is 4.67. The Kier molecular flexibility index (Phi) is 9.16. The van der Waals surface area contributed by atoms with Crippen molar-refractivity contribution in [2.75, 3.05) is 53.5 Å². The standard InChI is InChI=1S/C17H20N4O2S.C9H15N3O.C8H6BrNOS/c1-22-12-2-3-13-14(8-12)24-16(18-13)19-15-9-17(23-20-15)10-21-6-4-11(17)5-7-21;10-8-5-9(13-11-8)6-12-3-1-7(9)2-4-12;1-11-5-2-3-6-7(4-5)12-8(9)10-6/h2-3,8,11H,4-7,9-10H2,1H3,(H,18,19,20);7H,1-6H2,(H2,10,11);2-4H,1H3. The van der Waals surface area contributed by atoms with Gasteiger partial charge in [0.2, 0.25) is 5.13 Å². The van der Waals surface area contributed by atoms with E-state index in [1.54, 1.807) is 36.9 Å². The van der Waals surface area contributed by atoms with E-state index in [-0.39, 0.29) is 11.2 Å². The Labute approximate surface area is 301 Å². The second kappa shape index (κ2) is 13.6. The Balaban J connectivity index is 0.000000117. The van der Waals surface area contributed by atoms with E-state index in [0.29, 0.717) is 17.7 Å². The predicted molar refractivity (Wildman–Crippen MR) is 197 cm³/mol. The summed E-state index contributed by atoms with van der Waals surface area (Å²) in [5.41, 5.74) is 10.6. The number of methoxy groups -OCH3 is 2. The number of aromatic nitrogens is 2. The molecule has 4 bridgehead atoms. The number of benzene rings is 2. The summed E-state index contributed by atoms with van der Waals surface area (Å²) < 4.78 is 13.5. The average Bonchev–Trinajstić information content (AvgIpc) is 3.90. The molecule has 15 heteroatoms. The zero-order valence-electron chi connectivity index (χ0n) is 27.7. The largest absolute Gasteiger partial charge is 0.497 e. The number of halogens is 1. The number of hydrogen-bond acceptors (Lipinski definition) is 13. The Bertz CT molecular complexity index is 1890. The number of nitrogens with one attached hydrogen (secondary N) is 1. The monoisotopic (exact) mass is 768 g/mol. The number of oxime groups is 1. The number of ether oxygens (including phenoxy) is 2. The summed E-state index contributed by atoms with van der Waals surface area (Å²) in [5.74, 6) is 4.62. The third kappa shape index (κ3) is 6.73. The lowest BCUT2D eigenvalue weighted by molar-refractivity contribution is -0.150. The lowest BCUT2D eigenvalue weighted by atomic mass is 9.74. The van der Waals surface area contributed by atoms with Crippen molar-refractivity contribution >= 4 is 75.8 Å². The molecule has 0 aliphatic carbocycles. The van der Waals surface area contributed by atoms with Crippen LogP contribution >= 0.6 is 38.6 Å². The molecule has 2 unspecified atom stereocenters. The fourth-order valence-corrected chi connectivity index (χ4v) is 10.5. The summed E-state index contributed by atoms with van der Waals surface area (Å²) >= 11 is 6.52. The first-order valence-corrected chi connectivity index (χ1v) is 19.3. The maximum absolute atomic E-state index is 6.05. The van der Waals surface area contributed by atoms with Crippen LogP contribution in [0.4, 0.5) is 5.13 Å². The highest BCUT2D eigenvalue weighted by Gasteiger charge is 2.53. The molecule has 8 aliphatic rings. The minimum atomic E-state index is -0.0881. The van der Waals surface area contributed by atoms with Crippen molar-refractivity contribution in [3.63, 3.8) is 0 Å². The third-order valence-electron chi connectivity index (χ3n) is 10.7. The Hall–Kier alpha value is -3.08. The molecular formula is C34H41BrN8O4S2. The Morgan fingerprint density at radius 2 is 1.45 bits per heavy atom. The molecule has 0 saturated carbocycles. The Morgan fingerprint density at radius 1 is 0.857 bits per heavy atom. The SMILES string of the molecule is COc1ccc2nc(Br)sc2c1.COc1ccc2nc(N=C3CC4(CN5CCC4CC5)ON3)sc2c1.NC1=NOC2(C1)CN1CCC2CC1. The number of nitrogens with zero attached hydrogens (tertiary/aromatic N) is 6. The number of rotatable bonds is 3. The summed E-state index contributed by atoms with van der Waals surface area (Å²) in [6.07, 6.45) is 6.67. The van der Waals surface area contributed by atoms with Crippen LogP contribution in [0.5, 0.6) is 11.5 Å². The smallest absolute Gasteiger partial charge is 0.211 e. The highest BCUT2D eigenvalue weighted by molar-refractivity contribution is 9.11. The molecule has 2 aromatic carbocycles. The molecule has 2 spiro atoms. The molecule has 8 aliphatic heterocycles.